The normalized spacial score (nSPS) is 49.4. The lowest BCUT2D eigenvalue weighted by Crippen LogP contribution is -2.63. The minimum atomic E-state index is 0.802. The van der Waals surface area contributed by atoms with Crippen molar-refractivity contribution in [1.29, 1.82) is 0 Å². The third kappa shape index (κ3) is 1.71. The maximum absolute atomic E-state index is 2.34. The maximum atomic E-state index is 2.34. The van der Waals surface area contributed by atoms with Crippen LogP contribution in [-0.4, -0.2) is 28.7 Å². The van der Waals surface area contributed by atoms with E-state index in [0.29, 0.717) is 0 Å². The highest BCUT2D eigenvalue weighted by atomic mass is 15.6. The standard InChI is InChI=1S/C19H34N/c1-2-3-4-5-9-17-11-10-16-8-6-7-13-19(16)14-12-18-15-20(17,18)19/h16-18H,2-15H2,1H3/q+1/t16-,17-,18?,19-,20?/m0/s1. The minimum absolute atomic E-state index is 0.802. The van der Waals surface area contributed by atoms with E-state index in [1.807, 2.05) is 0 Å². The Labute approximate surface area is 125 Å². The van der Waals surface area contributed by atoms with Crippen molar-refractivity contribution < 1.29 is 4.48 Å². The van der Waals surface area contributed by atoms with Gasteiger partial charge in [-0.15, -0.1) is 0 Å². The second-order valence-electron chi connectivity index (χ2n) is 8.43. The molecule has 1 aliphatic carbocycles. The third-order valence-corrected chi connectivity index (χ3v) is 7.83. The largest absolute Gasteiger partial charge is 0.304 e. The van der Waals surface area contributed by atoms with Crippen molar-refractivity contribution in [2.75, 3.05) is 6.54 Å². The Kier molecular flexibility index (Phi) is 3.41. The summed E-state index contributed by atoms with van der Waals surface area (Å²) in [7, 11) is 0. The Hall–Kier alpha value is -0.0400. The summed E-state index contributed by atoms with van der Waals surface area (Å²) >= 11 is 0. The summed E-state index contributed by atoms with van der Waals surface area (Å²) in [5.74, 6) is 1.12. The lowest BCUT2D eigenvalue weighted by atomic mass is 9.65. The highest BCUT2D eigenvalue weighted by Crippen LogP contribution is 2.65. The summed E-state index contributed by atoms with van der Waals surface area (Å²) in [5, 5.41) is 0. The monoisotopic (exact) mass is 276 g/mol. The van der Waals surface area contributed by atoms with E-state index in [4.69, 9.17) is 0 Å². The Morgan fingerprint density at radius 2 is 1.90 bits per heavy atom. The highest BCUT2D eigenvalue weighted by molar-refractivity contribution is 5.07. The quantitative estimate of drug-likeness (QED) is 0.375. The van der Waals surface area contributed by atoms with Crippen molar-refractivity contribution in [1.82, 2.24) is 0 Å². The highest BCUT2D eigenvalue weighted by Gasteiger charge is 2.77. The molecule has 0 N–H and O–H groups in total. The molecule has 20 heavy (non-hydrogen) atoms. The zero-order chi connectivity index (χ0) is 13.6. The first-order valence-electron chi connectivity index (χ1n) is 9.71. The van der Waals surface area contributed by atoms with Crippen LogP contribution in [0.5, 0.6) is 0 Å². The molecular formula is C19H34N+. The zero-order valence-corrected chi connectivity index (χ0v) is 13.6. The average Bonchev–Trinajstić information content (AvgIpc) is 3.12. The molecular weight excluding hydrogens is 242 g/mol. The number of quaternary nitrogens is 1. The van der Waals surface area contributed by atoms with Gasteiger partial charge in [-0.1, -0.05) is 32.6 Å². The molecule has 114 valence electrons. The Bertz CT molecular complexity index is 365. The van der Waals surface area contributed by atoms with Crippen molar-refractivity contribution in [3.05, 3.63) is 0 Å². The first-order valence-corrected chi connectivity index (χ1v) is 9.71. The van der Waals surface area contributed by atoms with Crippen LogP contribution in [0.25, 0.3) is 0 Å². The van der Waals surface area contributed by atoms with Crippen molar-refractivity contribution in [3.63, 3.8) is 0 Å². The number of hydrogen-bond donors (Lipinski definition) is 0. The van der Waals surface area contributed by atoms with E-state index >= 15 is 0 Å². The van der Waals surface area contributed by atoms with Gasteiger partial charge in [0.2, 0.25) is 0 Å². The summed E-state index contributed by atoms with van der Waals surface area (Å²) < 4.78 is 1.66. The fourth-order valence-corrected chi connectivity index (χ4v) is 6.99. The van der Waals surface area contributed by atoms with Gasteiger partial charge in [0.25, 0.3) is 0 Å². The van der Waals surface area contributed by atoms with Crippen molar-refractivity contribution in [2.24, 2.45) is 5.92 Å². The molecule has 4 rings (SSSR count). The van der Waals surface area contributed by atoms with Crippen LogP contribution in [0, 0.1) is 5.92 Å². The van der Waals surface area contributed by atoms with Gasteiger partial charge in [0.05, 0.1) is 6.04 Å². The van der Waals surface area contributed by atoms with Gasteiger partial charge in [-0.2, -0.15) is 0 Å². The molecule has 0 amide bonds. The fourth-order valence-electron chi connectivity index (χ4n) is 6.99. The van der Waals surface area contributed by atoms with Crippen LogP contribution in [0.4, 0.5) is 0 Å². The van der Waals surface area contributed by atoms with E-state index in [1.165, 1.54) is 32.1 Å². The van der Waals surface area contributed by atoms with Crippen LogP contribution in [0.15, 0.2) is 0 Å². The van der Waals surface area contributed by atoms with Crippen LogP contribution in [0.2, 0.25) is 0 Å². The van der Waals surface area contributed by atoms with Gasteiger partial charge >= 0.3 is 0 Å². The van der Waals surface area contributed by atoms with Gasteiger partial charge in [0, 0.05) is 25.2 Å². The van der Waals surface area contributed by atoms with E-state index in [-0.39, 0.29) is 0 Å². The Morgan fingerprint density at radius 1 is 0.950 bits per heavy atom. The Morgan fingerprint density at radius 3 is 2.75 bits per heavy atom. The first-order chi connectivity index (χ1) is 9.83. The third-order valence-electron chi connectivity index (χ3n) is 7.83. The summed E-state index contributed by atoms with van der Waals surface area (Å²) in [5.41, 5.74) is 0.802. The number of nitrogens with zero attached hydrogens (tertiary/aromatic N) is 1. The predicted molar refractivity (Wildman–Crippen MR) is 84.6 cm³/mol. The SMILES string of the molecule is CCCCCC[C@H]1CC[C@@H]2CCCC[C@]23CCC2C[N+]213. The molecule has 1 saturated carbocycles. The van der Waals surface area contributed by atoms with E-state index in [1.54, 1.807) is 62.4 Å². The molecule has 0 bridgehead atoms. The van der Waals surface area contributed by atoms with Gasteiger partial charge in [0.15, 0.2) is 0 Å². The van der Waals surface area contributed by atoms with Gasteiger partial charge in [-0.25, -0.2) is 0 Å². The number of piperidine rings is 2. The van der Waals surface area contributed by atoms with Crippen LogP contribution >= 0.6 is 0 Å². The van der Waals surface area contributed by atoms with E-state index < -0.39 is 0 Å². The second kappa shape index (κ2) is 5.00. The number of rotatable bonds is 5. The van der Waals surface area contributed by atoms with Crippen LogP contribution in [0.1, 0.15) is 90.4 Å². The minimum Gasteiger partial charge on any atom is -0.304 e. The van der Waals surface area contributed by atoms with Crippen LogP contribution in [0.3, 0.4) is 0 Å². The maximum Gasteiger partial charge on any atom is 0.140 e. The molecule has 3 heterocycles. The van der Waals surface area contributed by atoms with Crippen molar-refractivity contribution in [3.8, 4) is 0 Å². The number of unbranched alkanes of at least 4 members (excludes halogenated alkanes) is 3. The topological polar surface area (TPSA) is 0 Å². The molecule has 4 fully saturated rings. The summed E-state index contributed by atoms with van der Waals surface area (Å²) in [6.07, 6.45) is 20.0. The van der Waals surface area contributed by atoms with E-state index in [2.05, 4.69) is 6.92 Å². The van der Waals surface area contributed by atoms with Gasteiger partial charge in [-0.05, 0) is 38.5 Å². The van der Waals surface area contributed by atoms with Crippen LogP contribution in [-0.2, 0) is 0 Å². The summed E-state index contributed by atoms with van der Waals surface area (Å²) in [6.45, 7) is 3.93. The van der Waals surface area contributed by atoms with E-state index in [9.17, 15) is 0 Å². The van der Waals surface area contributed by atoms with Gasteiger partial charge in [-0.3, -0.25) is 0 Å². The van der Waals surface area contributed by atoms with Crippen LogP contribution < -0.4 is 0 Å². The molecule has 1 nitrogen and oxygen atoms in total. The van der Waals surface area contributed by atoms with Crippen molar-refractivity contribution >= 4 is 0 Å². The summed E-state index contributed by atoms with van der Waals surface area (Å²) in [4.78, 5) is 0. The lowest BCUT2D eigenvalue weighted by molar-refractivity contribution is -0.898. The second-order valence-corrected chi connectivity index (χ2v) is 8.43. The molecule has 0 aromatic rings. The Balaban J connectivity index is 1.50. The van der Waals surface area contributed by atoms with Gasteiger partial charge < -0.3 is 4.48 Å². The molecule has 2 unspecified atom stereocenters. The average molecular weight is 276 g/mol. The lowest BCUT2D eigenvalue weighted by Gasteiger charge is -2.54. The first kappa shape index (κ1) is 13.6. The smallest absolute Gasteiger partial charge is 0.140 e. The molecule has 2 spiro atoms. The van der Waals surface area contributed by atoms with Crippen molar-refractivity contribution in [2.45, 2.75) is 108 Å². The molecule has 0 aromatic heterocycles. The number of hydrogen-bond acceptors (Lipinski definition) is 0. The van der Waals surface area contributed by atoms with Gasteiger partial charge in [0.1, 0.15) is 18.1 Å². The molecule has 1 heteroatoms. The predicted octanol–water partition coefficient (Wildman–Crippen LogP) is 5.04. The molecule has 3 saturated heterocycles. The molecule has 5 atom stereocenters. The molecule has 0 aromatic carbocycles. The molecule has 0 radical (unpaired) electrons. The molecule has 3 aliphatic heterocycles. The fraction of sp³-hybridized carbons (Fsp3) is 1.00. The summed E-state index contributed by atoms with van der Waals surface area (Å²) in [6, 6.07) is 2.20. The van der Waals surface area contributed by atoms with E-state index in [0.717, 1.165) is 23.5 Å². The molecule has 4 aliphatic rings. The zero-order valence-electron chi connectivity index (χ0n) is 13.6.